The van der Waals surface area contributed by atoms with Crippen molar-refractivity contribution >= 4 is 35.8 Å². The Morgan fingerprint density at radius 3 is 2.22 bits per heavy atom. The van der Waals surface area contributed by atoms with Crippen LogP contribution in [0.2, 0.25) is 0 Å². The average molecular weight is 567 g/mol. The van der Waals surface area contributed by atoms with Crippen molar-refractivity contribution in [1.82, 2.24) is 25.3 Å². The molecule has 2 aliphatic heterocycles. The molecule has 1 aliphatic carbocycles. The number of nitrogens with zero attached hydrogens (tertiary/aromatic N) is 4. The molecule has 10 heteroatoms. The first kappa shape index (κ1) is 27.6. The fourth-order valence-corrected chi connectivity index (χ4v) is 4.72. The average Bonchev–Trinajstić information content (AvgIpc) is 2.82. The molecule has 186 valence electrons. The summed E-state index contributed by atoms with van der Waals surface area (Å²) in [5.74, 6) is 0.747. The van der Waals surface area contributed by atoms with Crippen molar-refractivity contribution in [2.45, 2.75) is 37.6 Å². The van der Waals surface area contributed by atoms with E-state index in [-0.39, 0.29) is 42.0 Å². The predicted octanol–water partition coefficient (Wildman–Crippen LogP) is 0.595. The van der Waals surface area contributed by atoms with Crippen molar-refractivity contribution in [3.63, 3.8) is 0 Å². The van der Waals surface area contributed by atoms with Gasteiger partial charge in [-0.15, -0.1) is 24.0 Å². The smallest absolute Gasteiger partial charge is 0.243 e. The van der Waals surface area contributed by atoms with Crippen LogP contribution in [0.25, 0.3) is 0 Å². The first-order chi connectivity index (χ1) is 15.1. The number of nitrogens with one attached hydrogen (secondary N) is 2. The summed E-state index contributed by atoms with van der Waals surface area (Å²) in [5, 5.41) is 7.07. The van der Waals surface area contributed by atoms with Crippen molar-refractivity contribution in [3.05, 3.63) is 0 Å². The number of guanidine groups is 1. The number of hydrogen-bond acceptors (Lipinski definition) is 6. The number of carbonyl (C=O) groups excluding carboxylic acids is 1. The van der Waals surface area contributed by atoms with Gasteiger partial charge in [-0.2, -0.15) is 0 Å². The van der Waals surface area contributed by atoms with E-state index >= 15 is 0 Å². The Morgan fingerprint density at radius 2 is 1.59 bits per heavy atom. The molecular weight excluding hydrogens is 523 g/mol. The molecule has 3 rings (SSSR count). The molecule has 3 aliphatic rings. The Morgan fingerprint density at radius 1 is 0.969 bits per heavy atom. The summed E-state index contributed by atoms with van der Waals surface area (Å²) in [6.45, 7) is 9.94. The van der Waals surface area contributed by atoms with Gasteiger partial charge in [0.15, 0.2) is 5.96 Å². The van der Waals surface area contributed by atoms with Crippen molar-refractivity contribution in [3.8, 4) is 0 Å². The van der Waals surface area contributed by atoms with Gasteiger partial charge in [0, 0.05) is 65.4 Å². The molecular formula is C22H43IN6O3. The van der Waals surface area contributed by atoms with Crippen LogP contribution in [0.15, 0.2) is 4.99 Å². The summed E-state index contributed by atoms with van der Waals surface area (Å²) in [6.07, 6.45) is 6.28. The minimum atomic E-state index is 0. The van der Waals surface area contributed by atoms with Crippen LogP contribution < -0.4 is 10.6 Å². The Kier molecular flexibility index (Phi) is 12.5. The summed E-state index contributed by atoms with van der Waals surface area (Å²) >= 11 is 0. The van der Waals surface area contributed by atoms with Gasteiger partial charge in [0.2, 0.25) is 5.91 Å². The van der Waals surface area contributed by atoms with E-state index in [0.29, 0.717) is 0 Å². The molecule has 0 aromatic rings. The lowest BCUT2D eigenvalue weighted by Crippen LogP contribution is -2.60. The molecule has 1 saturated carbocycles. The topological polar surface area (TPSA) is 81.7 Å². The second-order valence-electron chi connectivity index (χ2n) is 9.07. The highest BCUT2D eigenvalue weighted by Crippen LogP contribution is 2.33. The number of ether oxygens (including phenoxy) is 2. The number of rotatable bonds is 8. The van der Waals surface area contributed by atoms with Crippen molar-refractivity contribution in [2.24, 2.45) is 4.99 Å². The monoisotopic (exact) mass is 566 g/mol. The quantitative estimate of drug-likeness (QED) is 0.253. The Bertz CT molecular complexity index is 574. The molecule has 2 N–H and O–H groups in total. The first-order valence-corrected chi connectivity index (χ1v) is 11.9. The van der Waals surface area contributed by atoms with Gasteiger partial charge in [-0.25, -0.2) is 4.99 Å². The van der Waals surface area contributed by atoms with Crippen LogP contribution in [0.4, 0.5) is 0 Å². The van der Waals surface area contributed by atoms with E-state index in [1.54, 1.807) is 19.0 Å². The third-order valence-electron chi connectivity index (χ3n) is 6.75. The van der Waals surface area contributed by atoms with Crippen LogP contribution in [0.1, 0.15) is 32.1 Å². The zero-order valence-electron chi connectivity index (χ0n) is 19.9. The van der Waals surface area contributed by atoms with Gasteiger partial charge in [-0.05, 0) is 12.8 Å². The van der Waals surface area contributed by atoms with Crippen LogP contribution >= 0.6 is 24.0 Å². The maximum absolute atomic E-state index is 12.1. The summed E-state index contributed by atoms with van der Waals surface area (Å²) in [7, 11) is 3.54. The minimum Gasteiger partial charge on any atom is -0.379 e. The number of morpholine rings is 2. The third-order valence-corrected chi connectivity index (χ3v) is 6.75. The number of hydrogen-bond donors (Lipinski definition) is 2. The van der Waals surface area contributed by atoms with E-state index in [0.717, 1.165) is 78.2 Å². The van der Waals surface area contributed by atoms with E-state index in [9.17, 15) is 4.79 Å². The second kappa shape index (κ2) is 14.5. The molecule has 1 amide bonds. The fourth-order valence-electron chi connectivity index (χ4n) is 4.72. The van der Waals surface area contributed by atoms with E-state index < -0.39 is 0 Å². The van der Waals surface area contributed by atoms with Crippen molar-refractivity contribution in [1.29, 1.82) is 0 Å². The fraction of sp³-hybridized carbons (Fsp3) is 0.909. The zero-order chi connectivity index (χ0) is 21.9. The van der Waals surface area contributed by atoms with Crippen LogP contribution in [0.5, 0.6) is 0 Å². The lowest BCUT2D eigenvalue weighted by molar-refractivity contribution is -0.127. The van der Waals surface area contributed by atoms with Gasteiger partial charge in [-0.3, -0.25) is 14.6 Å². The molecule has 9 nitrogen and oxygen atoms in total. The van der Waals surface area contributed by atoms with Crippen molar-refractivity contribution < 1.29 is 14.3 Å². The SMILES string of the molecule is CN(C)C(=O)CN=C(NCCN1CCOCC1)NCC1(N2CCOCC2)CCCCC1.I. The largest absolute Gasteiger partial charge is 0.379 e. The molecule has 0 aromatic heterocycles. The summed E-state index contributed by atoms with van der Waals surface area (Å²) in [4.78, 5) is 23.3. The van der Waals surface area contributed by atoms with Crippen molar-refractivity contribution in [2.75, 3.05) is 92.9 Å². The normalized spacial score (nSPS) is 22.6. The lowest BCUT2D eigenvalue weighted by atomic mass is 9.80. The highest BCUT2D eigenvalue weighted by molar-refractivity contribution is 14.0. The zero-order valence-corrected chi connectivity index (χ0v) is 22.3. The van der Waals surface area contributed by atoms with Crippen LogP contribution in [0.3, 0.4) is 0 Å². The molecule has 0 unspecified atom stereocenters. The number of halogens is 1. The summed E-state index contributed by atoms with van der Waals surface area (Å²) < 4.78 is 11.0. The molecule has 32 heavy (non-hydrogen) atoms. The minimum absolute atomic E-state index is 0. The van der Waals surface area contributed by atoms with Gasteiger partial charge in [0.1, 0.15) is 6.54 Å². The second-order valence-corrected chi connectivity index (χ2v) is 9.07. The van der Waals surface area contributed by atoms with Gasteiger partial charge < -0.3 is 25.0 Å². The van der Waals surface area contributed by atoms with Crippen LogP contribution in [-0.4, -0.2) is 125 Å². The van der Waals surface area contributed by atoms with Gasteiger partial charge in [-0.1, -0.05) is 19.3 Å². The Balaban J connectivity index is 0.00000363. The van der Waals surface area contributed by atoms with E-state index in [1.165, 1.54) is 32.1 Å². The highest BCUT2D eigenvalue weighted by atomic mass is 127. The summed E-state index contributed by atoms with van der Waals surface area (Å²) in [6, 6.07) is 0. The molecule has 0 aromatic carbocycles. The molecule has 0 bridgehead atoms. The molecule has 0 radical (unpaired) electrons. The highest BCUT2D eigenvalue weighted by Gasteiger charge is 2.38. The standard InChI is InChI=1S/C22H42N6O3.HI/c1-26(2)20(29)18-24-21(23-8-9-27-10-14-30-15-11-27)25-19-22(6-4-3-5-7-22)28-12-16-31-17-13-28;/h3-19H2,1-2H3,(H2,23,24,25);1H. The van der Waals surface area contributed by atoms with E-state index in [2.05, 4.69) is 25.4 Å². The third kappa shape index (κ3) is 8.58. The number of amides is 1. The number of aliphatic imine (C=N–C) groups is 1. The summed E-state index contributed by atoms with van der Waals surface area (Å²) in [5.41, 5.74) is 0.153. The lowest BCUT2D eigenvalue weighted by Gasteiger charge is -2.48. The van der Waals surface area contributed by atoms with Crippen LogP contribution in [-0.2, 0) is 14.3 Å². The van der Waals surface area contributed by atoms with Gasteiger partial charge in [0.05, 0.1) is 26.4 Å². The maximum Gasteiger partial charge on any atom is 0.243 e. The molecule has 0 atom stereocenters. The molecule has 2 saturated heterocycles. The maximum atomic E-state index is 12.1. The molecule has 3 fully saturated rings. The van der Waals surface area contributed by atoms with Crippen LogP contribution in [0, 0.1) is 0 Å². The van der Waals surface area contributed by atoms with E-state index in [4.69, 9.17) is 9.47 Å². The molecule has 0 spiro atoms. The molecule has 2 heterocycles. The number of likely N-dealkylation sites (N-methyl/N-ethyl adjacent to an activating group) is 1. The Hall–Kier alpha value is -0.690. The first-order valence-electron chi connectivity index (χ1n) is 11.9. The van der Waals surface area contributed by atoms with E-state index in [1.807, 2.05) is 0 Å². The van der Waals surface area contributed by atoms with Gasteiger partial charge in [0.25, 0.3) is 0 Å². The van der Waals surface area contributed by atoms with Gasteiger partial charge >= 0.3 is 0 Å². The number of carbonyl (C=O) groups is 1. The predicted molar refractivity (Wildman–Crippen MR) is 138 cm³/mol. The Labute approximate surface area is 210 Å².